The molecule has 4 N–H and O–H groups in total. The van der Waals surface area contributed by atoms with E-state index in [1.807, 2.05) is 20.8 Å². The number of hydrogen-bond acceptors (Lipinski definition) is 7. The van der Waals surface area contributed by atoms with Crippen LogP contribution in [0.4, 0.5) is 0 Å². The molecule has 0 aromatic heterocycles. The van der Waals surface area contributed by atoms with Crippen LogP contribution in [0, 0.1) is 38.5 Å². The van der Waals surface area contributed by atoms with E-state index in [1.54, 1.807) is 0 Å². The van der Waals surface area contributed by atoms with E-state index in [-0.39, 0.29) is 5.60 Å². The summed E-state index contributed by atoms with van der Waals surface area (Å²) in [5.41, 5.74) is 3.71. The summed E-state index contributed by atoms with van der Waals surface area (Å²) >= 11 is 0. The SMILES string of the molecule is Cc1c(C)c2c(c(C)c1O[C@@H]1O[C@H](CO)[C@H](O)[C@H](O)[C@H]1O)CCC(C)(CCCC(C)CCCC(C)CCCC(C)C)O2. The number of aliphatic hydroxyl groups excluding tert-OH is 4. The van der Waals surface area contributed by atoms with Crippen molar-refractivity contribution >= 4 is 0 Å². The molecule has 7 nitrogen and oxygen atoms in total. The Morgan fingerprint density at radius 1 is 0.810 bits per heavy atom. The Balaban J connectivity index is 1.55. The number of aliphatic hydroxyl groups is 4. The number of fused-ring (bicyclic) bond motifs is 1. The first-order chi connectivity index (χ1) is 19.8. The van der Waals surface area contributed by atoms with Gasteiger partial charge < -0.3 is 34.6 Å². The van der Waals surface area contributed by atoms with Crippen LogP contribution in [0.5, 0.6) is 11.5 Å². The molecular weight excluding hydrogens is 532 g/mol. The van der Waals surface area contributed by atoms with Crippen LogP contribution in [0.1, 0.15) is 121 Å². The summed E-state index contributed by atoms with van der Waals surface area (Å²) < 4.78 is 18.5. The molecule has 0 amide bonds. The van der Waals surface area contributed by atoms with E-state index in [4.69, 9.17) is 14.2 Å². The fourth-order valence-corrected chi connectivity index (χ4v) is 6.72. The second-order valence-corrected chi connectivity index (χ2v) is 14.2. The van der Waals surface area contributed by atoms with E-state index in [0.29, 0.717) is 5.75 Å². The largest absolute Gasteiger partial charge is 0.487 e. The fourth-order valence-electron chi connectivity index (χ4n) is 6.72. The minimum Gasteiger partial charge on any atom is -0.487 e. The first kappa shape index (κ1) is 35.1. The Hall–Kier alpha value is -1.38. The summed E-state index contributed by atoms with van der Waals surface area (Å²) in [5.74, 6) is 3.91. The van der Waals surface area contributed by atoms with Crippen molar-refractivity contribution in [1.29, 1.82) is 0 Å². The van der Waals surface area contributed by atoms with E-state index in [1.165, 1.54) is 44.9 Å². The van der Waals surface area contributed by atoms with Crippen LogP contribution in [-0.2, 0) is 11.2 Å². The first-order valence-electron chi connectivity index (χ1n) is 16.6. The Bertz CT molecular complexity index is 992. The predicted molar refractivity (Wildman–Crippen MR) is 167 cm³/mol. The highest BCUT2D eigenvalue weighted by Gasteiger charge is 2.45. The second-order valence-electron chi connectivity index (χ2n) is 14.2. The highest BCUT2D eigenvalue weighted by Crippen LogP contribution is 2.45. The van der Waals surface area contributed by atoms with Gasteiger partial charge in [0.1, 0.15) is 41.5 Å². The second kappa shape index (κ2) is 15.6. The van der Waals surface area contributed by atoms with Gasteiger partial charge in [0.05, 0.1) is 6.61 Å². The Morgan fingerprint density at radius 3 is 2.00 bits per heavy atom. The molecule has 3 unspecified atom stereocenters. The highest BCUT2D eigenvalue weighted by atomic mass is 16.7. The Kier molecular flexibility index (Phi) is 13.0. The minimum atomic E-state index is -1.48. The quantitative estimate of drug-likeness (QED) is 0.189. The van der Waals surface area contributed by atoms with Gasteiger partial charge in [-0.25, -0.2) is 0 Å². The van der Waals surface area contributed by atoms with Crippen molar-refractivity contribution in [3.05, 3.63) is 22.3 Å². The average Bonchev–Trinajstić information content (AvgIpc) is 2.93. The smallest absolute Gasteiger partial charge is 0.229 e. The zero-order chi connectivity index (χ0) is 31.2. The lowest BCUT2D eigenvalue weighted by Gasteiger charge is -2.41. The number of hydrogen-bond donors (Lipinski definition) is 4. The van der Waals surface area contributed by atoms with Crippen LogP contribution >= 0.6 is 0 Å². The van der Waals surface area contributed by atoms with E-state index in [9.17, 15) is 20.4 Å². The van der Waals surface area contributed by atoms with Gasteiger partial charge in [-0.1, -0.05) is 72.6 Å². The van der Waals surface area contributed by atoms with Crippen molar-refractivity contribution in [2.24, 2.45) is 17.8 Å². The zero-order valence-corrected chi connectivity index (χ0v) is 27.6. The molecule has 2 aliphatic rings. The third-order valence-electron chi connectivity index (χ3n) is 9.92. The number of rotatable bonds is 15. The molecule has 0 radical (unpaired) electrons. The summed E-state index contributed by atoms with van der Waals surface area (Å²) in [6.45, 7) is 17.2. The Labute approximate surface area is 255 Å². The molecule has 0 saturated carbocycles. The molecule has 0 spiro atoms. The van der Waals surface area contributed by atoms with Gasteiger partial charge in [-0.3, -0.25) is 0 Å². The topological polar surface area (TPSA) is 109 Å². The highest BCUT2D eigenvalue weighted by molar-refractivity contribution is 5.59. The maximum Gasteiger partial charge on any atom is 0.229 e. The molecular formula is C35H60O7. The lowest BCUT2D eigenvalue weighted by atomic mass is 9.83. The van der Waals surface area contributed by atoms with Crippen LogP contribution in [0.15, 0.2) is 0 Å². The number of ether oxygens (including phenoxy) is 3. The third kappa shape index (κ3) is 8.84. The Morgan fingerprint density at radius 2 is 1.40 bits per heavy atom. The summed E-state index contributed by atoms with van der Waals surface area (Å²) in [6, 6.07) is 0. The molecule has 1 aromatic rings. The monoisotopic (exact) mass is 592 g/mol. The van der Waals surface area contributed by atoms with Crippen molar-refractivity contribution in [2.75, 3.05) is 6.61 Å². The summed E-state index contributed by atoms with van der Waals surface area (Å²) in [5, 5.41) is 40.4. The molecule has 8 atom stereocenters. The molecule has 0 bridgehead atoms. The summed E-state index contributed by atoms with van der Waals surface area (Å²) in [6.07, 6.45) is 6.72. The van der Waals surface area contributed by atoms with Crippen molar-refractivity contribution in [3.63, 3.8) is 0 Å². The van der Waals surface area contributed by atoms with E-state index in [0.717, 1.165) is 71.4 Å². The van der Waals surface area contributed by atoms with Crippen molar-refractivity contribution in [1.82, 2.24) is 0 Å². The molecule has 42 heavy (non-hydrogen) atoms. The predicted octanol–water partition coefficient (Wildman–Crippen LogP) is 6.31. The molecule has 242 valence electrons. The maximum absolute atomic E-state index is 10.5. The maximum atomic E-state index is 10.5. The van der Waals surface area contributed by atoms with Crippen LogP contribution in [0.25, 0.3) is 0 Å². The summed E-state index contributed by atoms with van der Waals surface area (Å²) in [7, 11) is 0. The fraction of sp³-hybridized carbons (Fsp3) is 0.829. The van der Waals surface area contributed by atoms with Crippen LogP contribution in [0.2, 0.25) is 0 Å². The number of benzene rings is 1. The lowest BCUT2D eigenvalue weighted by Crippen LogP contribution is -2.60. The standard InChI is InChI=1S/C35H60O7/c1-21(2)12-9-13-22(3)14-10-15-23(4)16-11-18-35(8)19-17-27-26(7)32(24(5)25(6)33(27)42-35)41-34-31(39)30(38)29(37)28(20-36)40-34/h21-23,28-31,34,36-39H,9-20H2,1-8H3/t22?,23?,28-,29+,30+,31-,34+,35?/m1/s1. The third-order valence-corrected chi connectivity index (χ3v) is 9.92. The first-order valence-corrected chi connectivity index (χ1v) is 16.6. The van der Waals surface area contributed by atoms with Gasteiger partial charge in [-0.15, -0.1) is 0 Å². The van der Waals surface area contributed by atoms with Gasteiger partial charge in [0.25, 0.3) is 0 Å². The van der Waals surface area contributed by atoms with Crippen molar-refractivity contribution in [2.45, 2.75) is 162 Å². The van der Waals surface area contributed by atoms with Crippen molar-refractivity contribution in [3.8, 4) is 11.5 Å². The molecule has 0 aliphatic carbocycles. The van der Waals surface area contributed by atoms with Crippen LogP contribution in [-0.4, -0.2) is 63.3 Å². The molecule has 3 rings (SSSR count). The molecule has 2 heterocycles. The molecule has 1 fully saturated rings. The van der Waals surface area contributed by atoms with E-state index < -0.39 is 37.3 Å². The van der Waals surface area contributed by atoms with Crippen LogP contribution < -0.4 is 9.47 Å². The molecule has 1 saturated heterocycles. The van der Waals surface area contributed by atoms with Gasteiger partial charge >= 0.3 is 0 Å². The lowest BCUT2D eigenvalue weighted by molar-refractivity contribution is -0.277. The average molecular weight is 593 g/mol. The van der Waals surface area contributed by atoms with Gasteiger partial charge in [0, 0.05) is 5.56 Å². The minimum absolute atomic E-state index is 0.207. The van der Waals surface area contributed by atoms with Crippen molar-refractivity contribution < 1.29 is 34.6 Å². The van der Waals surface area contributed by atoms with E-state index >= 15 is 0 Å². The van der Waals surface area contributed by atoms with Gasteiger partial charge in [0.15, 0.2) is 0 Å². The van der Waals surface area contributed by atoms with Gasteiger partial charge in [-0.2, -0.15) is 0 Å². The zero-order valence-electron chi connectivity index (χ0n) is 27.6. The van der Waals surface area contributed by atoms with Gasteiger partial charge in [-0.05, 0) is 87.8 Å². The summed E-state index contributed by atoms with van der Waals surface area (Å²) in [4.78, 5) is 0. The molecule has 2 aliphatic heterocycles. The van der Waals surface area contributed by atoms with Crippen LogP contribution in [0.3, 0.4) is 0 Å². The van der Waals surface area contributed by atoms with E-state index in [2.05, 4.69) is 34.6 Å². The van der Waals surface area contributed by atoms with Gasteiger partial charge in [0.2, 0.25) is 6.29 Å². The normalized spacial score (nSPS) is 29.2. The molecule has 7 heteroatoms. The molecule has 1 aromatic carbocycles.